The maximum absolute atomic E-state index is 12.7. The molecule has 1 aliphatic carbocycles. The molecule has 6 heteroatoms. The van der Waals surface area contributed by atoms with Crippen molar-refractivity contribution in [3.05, 3.63) is 94.2 Å². The molecule has 1 aromatic heterocycles. The molecular weight excluding hydrogens is 404 g/mol. The first-order valence-corrected chi connectivity index (χ1v) is 11.2. The highest BCUT2D eigenvalue weighted by molar-refractivity contribution is 5.28. The smallest absolute Gasteiger partial charge is 0.293 e. The molecule has 0 amide bonds. The SMILES string of the molecule is O=c1[nH]c(CC2(c3ccccc3)CCC3(CC2)OCCO3)ncc1OCc1ccccc1. The molecule has 5 rings (SSSR count). The van der Waals surface area contributed by atoms with Crippen LogP contribution < -0.4 is 10.3 Å². The van der Waals surface area contributed by atoms with Gasteiger partial charge in [-0.2, -0.15) is 0 Å². The number of aromatic nitrogens is 2. The number of aromatic amines is 1. The van der Waals surface area contributed by atoms with Gasteiger partial charge in [-0.15, -0.1) is 0 Å². The summed E-state index contributed by atoms with van der Waals surface area (Å²) >= 11 is 0. The fraction of sp³-hybridized carbons (Fsp3) is 0.385. The van der Waals surface area contributed by atoms with Crippen LogP contribution in [0, 0.1) is 0 Å². The maximum Gasteiger partial charge on any atom is 0.293 e. The molecule has 1 spiro atoms. The highest BCUT2D eigenvalue weighted by Crippen LogP contribution is 2.47. The van der Waals surface area contributed by atoms with Crippen LogP contribution in [0.2, 0.25) is 0 Å². The van der Waals surface area contributed by atoms with Crippen LogP contribution in [0.25, 0.3) is 0 Å². The normalized spacial score (nSPS) is 19.1. The van der Waals surface area contributed by atoms with Crippen molar-refractivity contribution in [2.45, 2.75) is 49.9 Å². The monoisotopic (exact) mass is 432 g/mol. The Morgan fingerprint density at radius 2 is 1.56 bits per heavy atom. The summed E-state index contributed by atoms with van der Waals surface area (Å²) in [4.78, 5) is 20.2. The van der Waals surface area contributed by atoms with E-state index in [0.717, 1.165) is 31.2 Å². The van der Waals surface area contributed by atoms with Gasteiger partial charge in [-0.05, 0) is 24.0 Å². The summed E-state index contributed by atoms with van der Waals surface area (Å²) in [6.45, 7) is 1.66. The molecule has 1 saturated heterocycles. The zero-order valence-electron chi connectivity index (χ0n) is 18.1. The summed E-state index contributed by atoms with van der Waals surface area (Å²) in [5.41, 5.74) is 1.90. The van der Waals surface area contributed by atoms with Crippen molar-refractivity contribution < 1.29 is 14.2 Å². The zero-order valence-corrected chi connectivity index (χ0v) is 18.1. The molecule has 0 atom stereocenters. The van der Waals surface area contributed by atoms with Crippen molar-refractivity contribution in [3.8, 4) is 5.75 Å². The summed E-state index contributed by atoms with van der Waals surface area (Å²) in [5.74, 6) is 0.477. The molecule has 0 radical (unpaired) electrons. The van der Waals surface area contributed by atoms with E-state index in [1.54, 1.807) is 6.20 Å². The van der Waals surface area contributed by atoms with Crippen LogP contribution >= 0.6 is 0 Å². The van der Waals surface area contributed by atoms with Gasteiger partial charge in [0.15, 0.2) is 5.79 Å². The minimum atomic E-state index is -0.436. The number of hydrogen-bond donors (Lipinski definition) is 1. The first kappa shape index (κ1) is 20.9. The van der Waals surface area contributed by atoms with E-state index in [2.05, 4.69) is 34.2 Å². The minimum absolute atomic E-state index is 0.121. The van der Waals surface area contributed by atoms with E-state index in [0.29, 0.717) is 32.1 Å². The molecule has 2 aromatic carbocycles. The van der Waals surface area contributed by atoms with Crippen LogP contribution in [0.4, 0.5) is 0 Å². The van der Waals surface area contributed by atoms with Crippen LogP contribution in [0.1, 0.15) is 42.6 Å². The molecule has 2 aliphatic rings. The second-order valence-electron chi connectivity index (χ2n) is 8.73. The molecule has 166 valence electrons. The number of benzene rings is 2. The predicted molar refractivity (Wildman–Crippen MR) is 121 cm³/mol. The fourth-order valence-corrected chi connectivity index (χ4v) is 4.92. The first-order valence-electron chi connectivity index (χ1n) is 11.2. The lowest BCUT2D eigenvalue weighted by Crippen LogP contribution is -2.43. The summed E-state index contributed by atoms with van der Waals surface area (Å²) < 4.78 is 17.6. The Labute approximate surface area is 187 Å². The summed E-state index contributed by atoms with van der Waals surface area (Å²) in [5, 5.41) is 0. The van der Waals surface area contributed by atoms with Crippen molar-refractivity contribution in [2.24, 2.45) is 0 Å². The van der Waals surface area contributed by atoms with Crippen molar-refractivity contribution in [3.63, 3.8) is 0 Å². The van der Waals surface area contributed by atoms with Crippen LogP contribution in [0.15, 0.2) is 71.7 Å². The van der Waals surface area contributed by atoms with E-state index in [1.165, 1.54) is 5.56 Å². The van der Waals surface area contributed by atoms with Crippen molar-refractivity contribution >= 4 is 0 Å². The summed E-state index contributed by atoms with van der Waals surface area (Å²) in [7, 11) is 0. The quantitative estimate of drug-likeness (QED) is 0.634. The van der Waals surface area contributed by atoms with Gasteiger partial charge in [-0.1, -0.05) is 60.7 Å². The Kier molecular flexibility index (Phi) is 5.81. The van der Waals surface area contributed by atoms with Crippen LogP contribution in [-0.2, 0) is 27.9 Å². The van der Waals surface area contributed by atoms with Gasteiger partial charge >= 0.3 is 0 Å². The molecule has 1 aliphatic heterocycles. The first-order chi connectivity index (χ1) is 15.7. The van der Waals surface area contributed by atoms with Gasteiger partial charge in [0.25, 0.3) is 5.56 Å². The van der Waals surface area contributed by atoms with Gasteiger partial charge in [-0.3, -0.25) is 4.79 Å². The third-order valence-electron chi connectivity index (χ3n) is 6.73. The molecular formula is C26H28N2O4. The molecule has 3 aromatic rings. The molecule has 1 N–H and O–H groups in total. The van der Waals surface area contributed by atoms with E-state index >= 15 is 0 Å². The average molecular weight is 433 g/mol. The second-order valence-corrected chi connectivity index (χ2v) is 8.73. The van der Waals surface area contributed by atoms with Crippen molar-refractivity contribution in [1.29, 1.82) is 0 Å². The predicted octanol–water partition coefficient (Wildman–Crippen LogP) is 4.15. The Bertz CT molecular complexity index is 1080. The molecule has 0 bridgehead atoms. The molecule has 0 unspecified atom stereocenters. The Morgan fingerprint density at radius 1 is 0.906 bits per heavy atom. The maximum atomic E-state index is 12.7. The van der Waals surface area contributed by atoms with E-state index in [9.17, 15) is 4.79 Å². The Hall–Kier alpha value is -2.96. The van der Waals surface area contributed by atoms with E-state index in [4.69, 9.17) is 14.2 Å². The van der Waals surface area contributed by atoms with Crippen molar-refractivity contribution in [2.75, 3.05) is 13.2 Å². The van der Waals surface area contributed by atoms with Gasteiger partial charge in [0.2, 0.25) is 5.75 Å². The number of H-pyrrole nitrogens is 1. The Morgan fingerprint density at radius 3 is 2.22 bits per heavy atom. The van der Waals surface area contributed by atoms with E-state index < -0.39 is 5.79 Å². The van der Waals surface area contributed by atoms with Gasteiger partial charge in [0, 0.05) is 24.7 Å². The Balaban J connectivity index is 1.35. The third-order valence-corrected chi connectivity index (χ3v) is 6.73. The van der Waals surface area contributed by atoms with Gasteiger partial charge < -0.3 is 19.2 Å². The van der Waals surface area contributed by atoms with Crippen LogP contribution in [-0.4, -0.2) is 29.0 Å². The zero-order chi connectivity index (χ0) is 21.9. The highest BCUT2D eigenvalue weighted by atomic mass is 16.7. The number of hydrogen-bond acceptors (Lipinski definition) is 5. The number of ether oxygens (including phenoxy) is 3. The van der Waals surface area contributed by atoms with Gasteiger partial charge in [0.05, 0.1) is 19.4 Å². The van der Waals surface area contributed by atoms with Crippen molar-refractivity contribution in [1.82, 2.24) is 9.97 Å². The summed E-state index contributed by atoms with van der Waals surface area (Å²) in [6.07, 6.45) is 5.69. The van der Waals surface area contributed by atoms with Gasteiger partial charge in [0.1, 0.15) is 12.4 Å². The lowest BCUT2D eigenvalue weighted by molar-refractivity contribution is -0.185. The average Bonchev–Trinajstić information content (AvgIpc) is 3.30. The largest absolute Gasteiger partial charge is 0.482 e. The molecule has 2 heterocycles. The molecule has 6 nitrogen and oxygen atoms in total. The third kappa shape index (κ3) is 4.33. The minimum Gasteiger partial charge on any atom is -0.482 e. The lowest BCUT2D eigenvalue weighted by Gasteiger charge is -2.44. The fourth-order valence-electron chi connectivity index (χ4n) is 4.92. The van der Waals surface area contributed by atoms with Gasteiger partial charge in [-0.25, -0.2) is 4.98 Å². The highest BCUT2D eigenvalue weighted by Gasteiger charge is 2.47. The van der Waals surface area contributed by atoms with E-state index in [-0.39, 0.29) is 16.7 Å². The standard InChI is InChI=1S/C26H28N2O4/c29-24-22(30-19-20-7-3-1-4-8-20)18-27-23(28-24)17-25(21-9-5-2-6-10-21)11-13-26(14-12-25)31-15-16-32-26/h1-10,18H,11-17,19H2,(H,27,28,29). The molecule has 1 saturated carbocycles. The topological polar surface area (TPSA) is 73.4 Å². The number of rotatable bonds is 6. The lowest BCUT2D eigenvalue weighted by atomic mass is 9.65. The van der Waals surface area contributed by atoms with E-state index in [1.807, 2.05) is 36.4 Å². The summed E-state index contributed by atoms with van der Waals surface area (Å²) in [6, 6.07) is 20.3. The number of nitrogens with zero attached hydrogens (tertiary/aromatic N) is 1. The molecule has 32 heavy (non-hydrogen) atoms. The number of nitrogens with one attached hydrogen (secondary N) is 1. The second kappa shape index (κ2) is 8.88. The molecule has 2 fully saturated rings. The van der Waals surface area contributed by atoms with Crippen LogP contribution in [0.3, 0.4) is 0 Å². The van der Waals surface area contributed by atoms with Crippen LogP contribution in [0.5, 0.6) is 5.75 Å².